The lowest BCUT2D eigenvalue weighted by molar-refractivity contribution is 0.0942. The first kappa shape index (κ1) is 14.7. The van der Waals surface area contributed by atoms with Gasteiger partial charge in [-0.1, -0.05) is 0 Å². The number of hydrogen-bond acceptors (Lipinski definition) is 4. The fourth-order valence-corrected chi connectivity index (χ4v) is 1.00. The summed E-state index contributed by atoms with van der Waals surface area (Å²) in [5, 5.41) is 15.0. The van der Waals surface area contributed by atoms with Crippen molar-refractivity contribution in [3.63, 3.8) is 0 Å². The third-order valence-electron chi connectivity index (χ3n) is 2.06. The zero-order chi connectivity index (χ0) is 11.3. The third kappa shape index (κ3) is 4.04. The van der Waals surface area contributed by atoms with E-state index in [1.807, 2.05) is 14.0 Å². The van der Waals surface area contributed by atoms with Crippen molar-refractivity contribution < 1.29 is 9.90 Å². The number of likely N-dealkylation sites (N-methyl/N-ethyl adjacent to an activating group) is 1. The number of nitrogens with zero attached hydrogens (tertiary/aromatic N) is 1. The molecule has 0 saturated heterocycles. The van der Waals surface area contributed by atoms with Crippen molar-refractivity contribution in [3.05, 3.63) is 24.0 Å². The number of hydrogen-bond donors (Lipinski definition) is 3. The summed E-state index contributed by atoms with van der Waals surface area (Å²) in [6.07, 6.45) is 1.47. The number of rotatable bonds is 4. The Hall–Kier alpha value is -1.33. The van der Waals surface area contributed by atoms with Gasteiger partial charge < -0.3 is 15.7 Å². The molecule has 1 aromatic heterocycles. The lowest BCUT2D eigenvalue weighted by Crippen LogP contribution is -2.37. The minimum Gasteiger partial charge on any atom is -0.505 e. The van der Waals surface area contributed by atoms with E-state index in [1.165, 1.54) is 12.3 Å². The summed E-state index contributed by atoms with van der Waals surface area (Å²) >= 11 is 0. The highest BCUT2D eigenvalue weighted by Crippen LogP contribution is 2.11. The molecule has 1 atom stereocenters. The molecule has 0 bridgehead atoms. The van der Waals surface area contributed by atoms with E-state index >= 15 is 0 Å². The first-order valence-corrected chi connectivity index (χ1v) is 4.74. The highest BCUT2D eigenvalue weighted by atomic mass is 35.5. The Morgan fingerprint density at radius 3 is 2.88 bits per heavy atom. The van der Waals surface area contributed by atoms with Crippen molar-refractivity contribution >= 4 is 18.3 Å². The van der Waals surface area contributed by atoms with Crippen LogP contribution in [-0.4, -0.2) is 35.6 Å². The van der Waals surface area contributed by atoms with E-state index in [-0.39, 0.29) is 35.8 Å². The number of aromatic nitrogens is 1. The zero-order valence-electron chi connectivity index (χ0n) is 9.23. The van der Waals surface area contributed by atoms with Gasteiger partial charge in [-0.3, -0.25) is 4.79 Å². The topological polar surface area (TPSA) is 74.2 Å². The van der Waals surface area contributed by atoms with Crippen LogP contribution < -0.4 is 10.6 Å². The second-order valence-electron chi connectivity index (χ2n) is 3.27. The molecule has 1 amide bonds. The van der Waals surface area contributed by atoms with Crippen LogP contribution in [0, 0.1) is 0 Å². The number of halogens is 1. The zero-order valence-corrected chi connectivity index (χ0v) is 10.0. The molecule has 1 heterocycles. The van der Waals surface area contributed by atoms with E-state index in [9.17, 15) is 9.90 Å². The first-order valence-electron chi connectivity index (χ1n) is 4.74. The summed E-state index contributed by atoms with van der Waals surface area (Å²) < 4.78 is 0. The fraction of sp³-hybridized carbons (Fsp3) is 0.400. The monoisotopic (exact) mass is 245 g/mol. The second-order valence-corrected chi connectivity index (χ2v) is 3.27. The van der Waals surface area contributed by atoms with Gasteiger partial charge in [0.2, 0.25) is 0 Å². The fourth-order valence-electron chi connectivity index (χ4n) is 1.00. The maximum atomic E-state index is 11.5. The molecule has 1 unspecified atom stereocenters. The highest BCUT2D eigenvalue weighted by molar-refractivity contribution is 5.94. The van der Waals surface area contributed by atoms with Gasteiger partial charge in [-0.15, -0.1) is 12.4 Å². The van der Waals surface area contributed by atoms with Crippen molar-refractivity contribution in [1.29, 1.82) is 0 Å². The minimum absolute atomic E-state index is 0. The molecule has 0 radical (unpaired) electrons. The second kappa shape index (κ2) is 7.03. The molecule has 1 rings (SSSR count). The van der Waals surface area contributed by atoms with Crippen molar-refractivity contribution in [2.45, 2.75) is 13.0 Å². The Labute approximate surface area is 101 Å². The quantitative estimate of drug-likeness (QED) is 0.724. The molecule has 6 heteroatoms. The Morgan fingerprint density at radius 1 is 1.62 bits per heavy atom. The van der Waals surface area contributed by atoms with E-state index in [1.54, 1.807) is 6.07 Å². The summed E-state index contributed by atoms with van der Waals surface area (Å²) in [5.74, 6) is -0.470. The number of nitrogens with one attached hydrogen (secondary N) is 2. The average Bonchev–Trinajstić information content (AvgIpc) is 2.26. The molecule has 0 fully saturated rings. The number of carbonyl (C=O) groups is 1. The van der Waals surface area contributed by atoms with Crippen molar-refractivity contribution in [2.24, 2.45) is 0 Å². The molecule has 0 aliphatic rings. The molecule has 16 heavy (non-hydrogen) atoms. The van der Waals surface area contributed by atoms with Gasteiger partial charge in [-0.2, -0.15) is 0 Å². The third-order valence-corrected chi connectivity index (χ3v) is 2.06. The molecule has 3 N–H and O–H groups in total. The molecule has 90 valence electrons. The Morgan fingerprint density at radius 2 is 2.31 bits per heavy atom. The van der Waals surface area contributed by atoms with E-state index < -0.39 is 0 Å². The van der Waals surface area contributed by atoms with Gasteiger partial charge in [-0.25, -0.2) is 4.98 Å². The van der Waals surface area contributed by atoms with Gasteiger partial charge in [0.1, 0.15) is 5.75 Å². The summed E-state index contributed by atoms with van der Waals surface area (Å²) in [4.78, 5) is 15.3. The minimum atomic E-state index is -0.366. The maximum Gasteiger partial charge on any atom is 0.273 e. The van der Waals surface area contributed by atoms with Crippen LogP contribution in [0.5, 0.6) is 5.75 Å². The van der Waals surface area contributed by atoms with Crippen LogP contribution in [0.3, 0.4) is 0 Å². The molecular weight excluding hydrogens is 230 g/mol. The average molecular weight is 246 g/mol. The number of amides is 1. The number of aromatic hydroxyl groups is 1. The SMILES string of the molecule is CNC(C)CNC(=O)c1ncccc1O.Cl. The van der Waals surface area contributed by atoms with Gasteiger partial charge in [0.15, 0.2) is 5.69 Å². The van der Waals surface area contributed by atoms with E-state index in [0.717, 1.165) is 0 Å². The van der Waals surface area contributed by atoms with E-state index in [4.69, 9.17) is 0 Å². The van der Waals surface area contributed by atoms with Gasteiger partial charge in [0.25, 0.3) is 5.91 Å². The van der Waals surface area contributed by atoms with E-state index in [2.05, 4.69) is 15.6 Å². The highest BCUT2D eigenvalue weighted by Gasteiger charge is 2.11. The van der Waals surface area contributed by atoms with E-state index in [0.29, 0.717) is 6.54 Å². The Bertz CT molecular complexity index is 347. The van der Waals surface area contributed by atoms with Crippen LogP contribution in [0.15, 0.2) is 18.3 Å². The van der Waals surface area contributed by atoms with Crippen LogP contribution in [0.2, 0.25) is 0 Å². The first-order chi connectivity index (χ1) is 7.15. The predicted octanol–water partition coefficient (Wildman–Crippen LogP) is 0.547. The van der Waals surface area contributed by atoms with Crippen molar-refractivity contribution in [1.82, 2.24) is 15.6 Å². The summed E-state index contributed by atoms with van der Waals surface area (Å²) in [7, 11) is 1.81. The van der Waals surface area contributed by atoms with Crippen LogP contribution in [0.4, 0.5) is 0 Å². The molecule has 0 spiro atoms. The smallest absolute Gasteiger partial charge is 0.273 e. The normalized spacial score (nSPS) is 11.4. The van der Waals surface area contributed by atoms with Gasteiger partial charge >= 0.3 is 0 Å². The van der Waals surface area contributed by atoms with Crippen LogP contribution in [-0.2, 0) is 0 Å². The Kier molecular flexibility index (Phi) is 6.44. The summed E-state index contributed by atoms with van der Waals surface area (Å²) in [6.45, 7) is 2.43. The van der Waals surface area contributed by atoms with Gasteiger partial charge in [0, 0.05) is 18.8 Å². The molecule has 1 aromatic rings. The standard InChI is InChI=1S/C10H15N3O2.ClH/c1-7(11-2)6-13-10(15)9-8(14)4-3-5-12-9;/h3-5,7,11,14H,6H2,1-2H3,(H,13,15);1H. The molecule has 0 aliphatic carbocycles. The van der Waals surface area contributed by atoms with Gasteiger partial charge in [-0.05, 0) is 26.1 Å². The van der Waals surface area contributed by atoms with Crippen LogP contribution >= 0.6 is 12.4 Å². The molecule has 0 aromatic carbocycles. The van der Waals surface area contributed by atoms with Crippen LogP contribution in [0.25, 0.3) is 0 Å². The van der Waals surface area contributed by atoms with Crippen molar-refractivity contribution in [2.75, 3.05) is 13.6 Å². The Balaban J connectivity index is 0.00000225. The maximum absolute atomic E-state index is 11.5. The number of carbonyl (C=O) groups excluding carboxylic acids is 1. The number of pyridine rings is 1. The largest absolute Gasteiger partial charge is 0.505 e. The van der Waals surface area contributed by atoms with Gasteiger partial charge in [0.05, 0.1) is 0 Å². The molecule has 5 nitrogen and oxygen atoms in total. The molecule has 0 saturated carbocycles. The molecular formula is C10H16ClN3O2. The molecule has 0 aliphatic heterocycles. The summed E-state index contributed by atoms with van der Waals surface area (Å²) in [5.41, 5.74) is 0.0563. The van der Waals surface area contributed by atoms with Crippen LogP contribution in [0.1, 0.15) is 17.4 Å². The lowest BCUT2D eigenvalue weighted by Gasteiger charge is -2.11. The lowest BCUT2D eigenvalue weighted by atomic mass is 10.3. The predicted molar refractivity (Wildman–Crippen MR) is 64.0 cm³/mol. The van der Waals surface area contributed by atoms with Crippen molar-refractivity contribution in [3.8, 4) is 5.75 Å². The summed E-state index contributed by atoms with van der Waals surface area (Å²) in [6, 6.07) is 3.19.